The highest BCUT2D eigenvalue weighted by molar-refractivity contribution is 6.30. The maximum absolute atomic E-state index is 12.8. The molecule has 4 amide bonds. The molecule has 0 saturated carbocycles. The first-order valence-electron chi connectivity index (χ1n) is 8.40. The van der Waals surface area contributed by atoms with E-state index in [0.29, 0.717) is 17.3 Å². The first-order valence-corrected chi connectivity index (χ1v) is 8.40. The molecule has 0 aliphatic carbocycles. The van der Waals surface area contributed by atoms with Crippen LogP contribution in [0.3, 0.4) is 0 Å². The Hall–Kier alpha value is -3.75. The number of carbonyl (C=O) groups excluding carboxylic acids is 3. The number of benzene rings is 1. The average Bonchev–Trinajstić information content (AvgIpc) is 2.69. The molecule has 0 spiro atoms. The van der Waals surface area contributed by atoms with E-state index in [1.165, 1.54) is 18.5 Å². The second-order valence-electron chi connectivity index (χ2n) is 6.27. The van der Waals surface area contributed by atoms with Crippen molar-refractivity contribution >= 4 is 29.9 Å². The van der Waals surface area contributed by atoms with Crippen LogP contribution < -0.4 is 15.0 Å². The molecule has 9 heteroatoms. The SMILES string of the molecule is COc1ccc(CN2C(=O)NC(=O)/C(=C/c3cnc(N(C)C)nc3)C2=O)cc1. The summed E-state index contributed by atoms with van der Waals surface area (Å²) in [7, 11) is 5.15. The molecule has 144 valence electrons. The van der Waals surface area contributed by atoms with Gasteiger partial charge in [-0.15, -0.1) is 0 Å². The van der Waals surface area contributed by atoms with Gasteiger partial charge in [0, 0.05) is 32.1 Å². The van der Waals surface area contributed by atoms with E-state index in [1.807, 2.05) is 0 Å². The highest BCUT2D eigenvalue weighted by Crippen LogP contribution is 2.18. The smallest absolute Gasteiger partial charge is 0.331 e. The van der Waals surface area contributed by atoms with Gasteiger partial charge in [0.25, 0.3) is 11.8 Å². The number of nitrogens with zero attached hydrogens (tertiary/aromatic N) is 4. The van der Waals surface area contributed by atoms with Crippen molar-refractivity contribution in [2.75, 3.05) is 26.1 Å². The van der Waals surface area contributed by atoms with E-state index in [-0.39, 0.29) is 12.1 Å². The Bertz CT molecular complexity index is 936. The van der Waals surface area contributed by atoms with Crippen LogP contribution >= 0.6 is 0 Å². The normalized spacial score (nSPS) is 15.6. The van der Waals surface area contributed by atoms with E-state index in [4.69, 9.17) is 4.74 Å². The van der Waals surface area contributed by atoms with Crippen LogP contribution in [0.5, 0.6) is 5.75 Å². The molecule has 1 N–H and O–H groups in total. The van der Waals surface area contributed by atoms with Gasteiger partial charge in [0.2, 0.25) is 5.95 Å². The van der Waals surface area contributed by atoms with Crippen LogP contribution in [0.1, 0.15) is 11.1 Å². The average molecular weight is 381 g/mol. The predicted molar refractivity (Wildman–Crippen MR) is 101 cm³/mol. The summed E-state index contributed by atoms with van der Waals surface area (Å²) in [4.78, 5) is 48.1. The van der Waals surface area contributed by atoms with E-state index in [1.54, 1.807) is 50.4 Å². The first kappa shape index (κ1) is 19.0. The van der Waals surface area contributed by atoms with Crippen molar-refractivity contribution in [2.45, 2.75) is 6.54 Å². The highest BCUT2D eigenvalue weighted by Gasteiger charge is 2.35. The lowest BCUT2D eigenvalue weighted by Gasteiger charge is -2.26. The van der Waals surface area contributed by atoms with Crippen molar-refractivity contribution in [3.05, 3.63) is 53.4 Å². The van der Waals surface area contributed by atoms with Gasteiger partial charge in [-0.05, 0) is 23.8 Å². The zero-order valence-electron chi connectivity index (χ0n) is 15.7. The minimum Gasteiger partial charge on any atom is -0.497 e. The van der Waals surface area contributed by atoms with E-state index in [2.05, 4.69) is 15.3 Å². The number of ether oxygens (including phenoxy) is 1. The Kier molecular flexibility index (Phi) is 5.35. The maximum Gasteiger partial charge on any atom is 0.331 e. The minimum atomic E-state index is -0.762. The summed E-state index contributed by atoms with van der Waals surface area (Å²) in [5.74, 6) is -0.271. The lowest BCUT2D eigenvalue weighted by atomic mass is 10.1. The molecule has 1 aliphatic rings. The van der Waals surface area contributed by atoms with Gasteiger partial charge in [-0.25, -0.2) is 14.8 Å². The van der Waals surface area contributed by atoms with Gasteiger partial charge in [-0.3, -0.25) is 19.8 Å². The van der Waals surface area contributed by atoms with E-state index in [9.17, 15) is 14.4 Å². The standard InChI is InChI=1S/C19H19N5O4/c1-23(2)18-20-9-13(10-21-18)8-15-16(25)22-19(27)24(17(15)26)11-12-4-6-14(28-3)7-5-12/h4-10H,11H2,1-3H3,(H,22,25,27)/b15-8-. The van der Waals surface area contributed by atoms with Gasteiger partial charge in [0.15, 0.2) is 0 Å². The van der Waals surface area contributed by atoms with Crippen molar-refractivity contribution in [2.24, 2.45) is 0 Å². The molecule has 2 heterocycles. The van der Waals surface area contributed by atoms with E-state index >= 15 is 0 Å². The Morgan fingerprint density at radius 1 is 1.11 bits per heavy atom. The van der Waals surface area contributed by atoms with Crippen molar-refractivity contribution in [1.82, 2.24) is 20.2 Å². The zero-order chi connectivity index (χ0) is 20.3. The molecule has 1 aromatic carbocycles. The fraction of sp³-hybridized carbons (Fsp3) is 0.211. The summed E-state index contributed by atoms with van der Waals surface area (Å²) in [6.07, 6.45) is 4.37. The van der Waals surface area contributed by atoms with Crippen LogP contribution in [-0.4, -0.2) is 53.9 Å². The van der Waals surface area contributed by atoms with Crippen molar-refractivity contribution in [1.29, 1.82) is 0 Å². The summed E-state index contributed by atoms with van der Waals surface area (Å²) in [5, 5.41) is 2.19. The first-order chi connectivity index (χ1) is 13.4. The van der Waals surface area contributed by atoms with Crippen LogP contribution in [0.2, 0.25) is 0 Å². The molecule has 2 aromatic rings. The number of urea groups is 1. The molecule has 9 nitrogen and oxygen atoms in total. The van der Waals surface area contributed by atoms with Crippen molar-refractivity contribution < 1.29 is 19.1 Å². The number of hydrogen-bond acceptors (Lipinski definition) is 7. The largest absolute Gasteiger partial charge is 0.497 e. The van der Waals surface area contributed by atoms with Crippen molar-refractivity contribution in [3.8, 4) is 5.75 Å². The molecule has 0 atom stereocenters. The quantitative estimate of drug-likeness (QED) is 0.613. The Labute approximate surface area is 161 Å². The molecule has 0 radical (unpaired) electrons. The van der Waals surface area contributed by atoms with Crippen LogP contribution in [0, 0.1) is 0 Å². The fourth-order valence-electron chi connectivity index (χ4n) is 2.55. The number of aromatic nitrogens is 2. The molecule has 0 unspecified atom stereocenters. The molecule has 3 rings (SSSR count). The summed E-state index contributed by atoms with van der Waals surface area (Å²) >= 11 is 0. The Morgan fingerprint density at radius 3 is 2.32 bits per heavy atom. The van der Waals surface area contributed by atoms with E-state index < -0.39 is 17.8 Å². The second kappa shape index (κ2) is 7.87. The summed E-state index contributed by atoms with van der Waals surface area (Å²) in [6, 6.07) is 6.18. The van der Waals surface area contributed by atoms with Gasteiger partial charge < -0.3 is 9.64 Å². The number of amides is 4. The third kappa shape index (κ3) is 3.98. The zero-order valence-corrected chi connectivity index (χ0v) is 15.7. The fourth-order valence-corrected chi connectivity index (χ4v) is 2.55. The molecule has 0 bridgehead atoms. The van der Waals surface area contributed by atoms with Crippen LogP contribution in [-0.2, 0) is 16.1 Å². The van der Waals surface area contributed by atoms with Gasteiger partial charge in [0.05, 0.1) is 13.7 Å². The third-order valence-corrected chi connectivity index (χ3v) is 4.05. The molecule has 1 aromatic heterocycles. The molecule has 1 saturated heterocycles. The summed E-state index contributed by atoms with van der Waals surface area (Å²) in [6.45, 7) is 0.0232. The third-order valence-electron chi connectivity index (χ3n) is 4.05. The molecular formula is C19H19N5O4. The molecule has 1 fully saturated rings. The minimum absolute atomic E-state index is 0.0232. The number of barbiturate groups is 1. The Morgan fingerprint density at radius 2 is 1.75 bits per heavy atom. The second-order valence-corrected chi connectivity index (χ2v) is 6.27. The number of carbonyl (C=O) groups is 3. The maximum atomic E-state index is 12.8. The van der Waals surface area contributed by atoms with Gasteiger partial charge in [0.1, 0.15) is 11.3 Å². The van der Waals surface area contributed by atoms with Crippen LogP contribution in [0.25, 0.3) is 6.08 Å². The molecule has 1 aliphatic heterocycles. The number of rotatable bonds is 5. The van der Waals surface area contributed by atoms with E-state index in [0.717, 1.165) is 10.5 Å². The number of anilines is 1. The molecular weight excluding hydrogens is 362 g/mol. The lowest BCUT2D eigenvalue weighted by Crippen LogP contribution is -2.53. The lowest BCUT2D eigenvalue weighted by molar-refractivity contribution is -0.130. The topological polar surface area (TPSA) is 105 Å². The monoisotopic (exact) mass is 381 g/mol. The van der Waals surface area contributed by atoms with Crippen molar-refractivity contribution in [3.63, 3.8) is 0 Å². The highest BCUT2D eigenvalue weighted by atomic mass is 16.5. The van der Waals surface area contributed by atoms with Gasteiger partial charge in [-0.2, -0.15) is 0 Å². The summed E-state index contributed by atoms with van der Waals surface area (Å²) < 4.78 is 5.09. The van der Waals surface area contributed by atoms with Crippen LogP contribution in [0.15, 0.2) is 42.2 Å². The van der Waals surface area contributed by atoms with Gasteiger partial charge in [-0.1, -0.05) is 12.1 Å². The predicted octanol–water partition coefficient (Wildman–Crippen LogP) is 1.21. The number of methoxy groups -OCH3 is 1. The van der Waals surface area contributed by atoms with Crippen LogP contribution in [0.4, 0.5) is 10.7 Å². The van der Waals surface area contributed by atoms with Gasteiger partial charge >= 0.3 is 6.03 Å². The number of hydrogen-bond donors (Lipinski definition) is 1. The Balaban J connectivity index is 1.84. The number of nitrogens with one attached hydrogen (secondary N) is 1. The summed E-state index contributed by atoms with van der Waals surface area (Å²) in [5.41, 5.74) is 1.04. The number of imide groups is 2. The molecule has 28 heavy (non-hydrogen) atoms.